The Morgan fingerprint density at radius 3 is 1.86 bits per heavy atom. The van der Waals surface area contributed by atoms with E-state index < -0.39 is 91.0 Å². The molecule has 1 aliphatic heterocycles. The average Bonchev–Trinajstić information content (AvgIpc) is 2.73. The van der Waals surface area contributed by atoms with Gasteiger partial charge in [0.1, 0.15) is 18.8 Å². The summed E-state index contributed by atoms with van der Waals surface area (Å²) in [6, 6.07) is -1.53. The van der Waals surface area contributed by atoms with E-state index in [-0.39, 0.29) is 0 Å². The number of carbonyl (C=O) groups is 6. The van der Waals surface area contributed by atoms with Crippen LogP contribution in [0.1, 0.15) is 34.1 Å². The lowest BCUT2D eigenvalue weighted by Gasteiger charge is -2.45. The molecule has 4 N–H and O–H groups in total. The van der Waals surface area contributed by atoms with Crippen LogP contribution in [0.2, 0.25) is 0 Å². The number of esters is 4. The largest absolute Gasteiger partial charge is 0.467 e. The summed E-state index contributed by atoms with van der Waals surface area (Å²) in [4.78, 5) is 71.1. The first-order valence-electron chi connectivity index (χ1n) is 10.6. The van der Waals surface area contributed by atoms with Crippen LogP contribution in [0.25, 0.3) is 0 Å². The van der Waals surface area contributed by atoms with Crippen LogP contribution in [0.15, 0.2) is 0 Å². The van der Waals surface area contributed by atoms with Gasteiger partial charge in [-0.05, 0) is 0 Å². The highest BCUT2D eigenvalue weighted by Gasteiger charge is 2.60. The fourth-order valence-electron chi connectivity index (χ4n) is 3.39. The Hall–Kier alpha value is -3.47. The average molecular weight is 543 g/mol. The number of nitrogens with one attached hydrogen (secondary N) is 2. The molecule has 6 atom stereocenters. The number of nitrogens with two attached hydrogens (primary N) is 1. The summed E-state index contributed by atoms with van der Waals surface area (Å²) in [5, 5.41) is 4.35. The second kappa shape index (κ2) is 12.7. The van der Waals surface area contributed by atoms with E-state index in [1.807, 2.05) is 5.32 Å². The van der Waals surface area contributed by atoms with Gasteiger partial charge in [0.25, 0.3) is 0 Å². The van der Waals surface area contributed by atoms with Crippen LogP contribution in [-0.4, -0.2) is 91.7 Å². The predicted molar refractivity (Wildman–Crippen MR) is 112 cm³/mol. The Labute approximate surface area is 208 Å². The second-order valence-electron chi connectivity index (χ2n) is 7.98. The van der Waals surface area contributed by atoms with Crippen LogP contribution in [0.5, 0.6) is 0 Å². The number of carbonyl (C=O) groups excluding carboxylic acids is 6. The molecule has 17 heteroatoms. The van der Waals surface area contributed by atoms with Gasteiger partial charge in [0.2, 0.25) is 17.4 Å². The summed E-state index contributed by atoms with van der Waals surface area (Å²) in [6.07, 6.45) is -13.3. The van der Waals surface area contributed by atoms with Gasteiger partial charge in [0, 0.05) is 27.7 Å². The van der Waals surface area contributed by atoms with Gasteiger partial charge in [0.15, 0.2) is 18.4 Å². The van der Waals surface area contributed by atoms with Crippen molar-refractivity contribution in [2.45, 2.75) is 76.4 Å². The van der Waals surface area contributed by atoms with Crippen molar-refractivity contribution in [3.05, 3.63) is 0 Å². The molecule has 0 saturated carbocycles. The van der Waals surface area contributed by atoms with E-state index in [2.05, 4.69) is 10.1 Å². The molecular formula is C20H28F3N3O11. The van der Waals surface area contributed by atoms with E-state index in [4.69, 9.17) is 24.7 Å². The third-order valence-corrected chi connectivity index (χ3v) is 4.91. The molecule has 1 fully saturated rings. The maximum atomic E-state index is 13.5. The summed E-state index contributed by atoms with van der Waals surface area (Å²) >= 11 is 0. The minimum atomic E-state index is -5.40. The lowest BCUT2D eigenvalue weighted by molar-refractivity contribution is -0.228. The van der Waals surface area contributed by atoms with Crippen LogP contribution in [0.4, 0.5) is 13.2 Å². The third kappa shape index (κ3) is 8.56. The van der Waals surface area contributed by atoms with Crippen LogP contribution in [-0.2, 0) is 52.5 Å². The molecule has 0 radical (unpaired) electrons. The standard InChI is InChI=1S/C20H28F3N3O11/c1-8(27)25-14-16(36-11(4)30)15(35-10(3)29)12(7-34-9(2)28)37-17(14)26-13(31)6-19(24,18(32)33-5)20(21,22)23/h12,14-17H,6-7,24H2,1-5H3,(H,25,27)(H,26,31)/t12-,14-,15-,16-,17-,19-/m1/s1. The molecule has 1 rings (SSSR count). The lowest BCUT2D eigenvalue weighted by Crippen LogP contribution is -2.70. The van der Waals surface area contributed by atoms with E-state index in [9.17, 15) is 41.9 Å². The number of hydrogen-bond acceptors (Lipinski definition) is 12. The summed E-state index contributed by atoms with van der Waals surface area (Å²) in [7, 11) is 0.642. The van der Waals surface area contributed by atoms with Gasteiger partial charge in [-0.1, -0.05) is 0 Å². The van der Waals surface area contributed by atoms with Gasteiger partial charge in [-0.2, -0.15) is 13.2 Å². The molecule has 0 aromatic heterocycles. The number of halogens is 3. The van der Waals surface area contributed by atoms with E-state index in [0.29, 0.717) is 7.11 Å². The maximum Gasteiger partial charge on any atom is 0.417 e. The van der Waals surface area contributed by atoms with Gasteiger partial charge < -0.3 is 40.1 Å². The molecule has 14 nitrogen and oxygen atoms in total. The lowest BCUT2D eigenvalue weighted by atomic mass is 9.93. The summed E-state index contributed by atoms with van der Waals surface area (Å²) in [5.74, 6) is -6.81. The first-order valence-corrected chi connectivity index (χ1v) is 10.6. The summed E-state index contributed by atoms with van der Waals surface area (Å²) in [5.41, 5.74) is 1.43. The van der Waals surface area contributed by atoms with E-state index in [1.165, 1.54) is 0 Å². The number of ether oxygens (including phenoxy) is 5. The Morgan fingerprint density at radius 1 is 0.892 bits per heavy atom. The smallest absolute Gasteiger partial charge is 0.417 e. The zero-order valence-electron chi connectivity index (χ0n) is 20.5. The van der Waals surface area contributed by atoms with Gasteiger partial charge >= 0.3 is 30.1 Å². The van der Waals surface area contributed by atoms with Gasteiger partial charge in [-0.15, -0.1) is 0 Å². The van der Waals surface area contributed by atoms with E-state index in [1.54, 1.807) is 0 Å². The number of alkyl halides is 3. The first-order chi connectivity index (χ1) is 16.9. The zero-order valence-corrected chi connectivity index (χ0v) is 20.5. The van der Waals surface area contributed by atoms with Crippen molar-refractivity contribution in [1.82, 2.24) is 10.6 Å². The van der Waals surface area contributed by atoms with Crippen molar-refractivity contribution < 1.29 is 65.6 Å². The highest BCUT2D eigenvalue weighted by Crippen LogP contribution is 2.33. The number of methoxy groups -OCH3 is 1. The monoisotopic (exact) mass is 543 g/mol. The van der Waals surface area contributed by atoms with Crippen LogP contribution >= 0.6 is 0 Å². The van der Waals surface area contributed by atoms with Crippen molar-refractivity contribution in [2.75, 3.05) is 13.7 Å². The molecule has 1 heterocycles. The molecule has 0 bridgehead atoms. The Bertz CT molecular complexity index is 914. The molecule has 0 aliphatic carbocycles. The molecule has 0 unspecified atom stereocenters. The molecule has 1 saturated heterocycles. The maximum absolute atomic E-state index is 13.5. The molecule has 0 spiro atoms. The number of hydrogen-bond donors (Lipinski definition) is 3. The molecular weight excluding hydrogens is 515 g/mol. The molecule has 37 heavy (non-hydrogen) atoms. The fourth-order valence-corrected chi connectivity index (χ4v) is 3.39. The predicted octanol–water partition coefficient (Wildman–Crippen LogP) is -1.42. The quantitative estimate of drug-likeness (QED) is 0.227. The van der Waals surface area contributed by atoms with Gasteiger partial charge in [-0.25, -0.2) is 4.79 Å². The SMILES string of the molecule is COC(=O)[C@](N)(CC(=O)N[C@@H]1O[C@H](COC(C)=O)[C@@H](OC(C)=O)[C@H](OC(C)=O)[C@H]1NC(C)=O)C(F)(F)F. The summed E-state index contributed by atoms with van der Waals surface area (Å²) in [6.45, 7) is 3.43. The second-order valence-corrected chi connectivity index (χ2v) is 7.98. The summed E-state index contributed by atoms with van der Waals surface area (Å²) < 4.78 is 65.4. The van der Waals surface area contributed by atoms with Crippen LogP contribution < -0.4 is 16.4 Å². The van der Waals surface area contributed by atoms with E-state index in [0.717, 1.165) is 27.7 Å². The normalized spacial score (nSPS) is 25.1. The van der Waals surface area contributed by atoms with Crippen LogP contribution in [0, 0.1) is 0 Å². The van der Waals surface area contributed by atoms with Crippen molar-refractivity contribution in [1.29, 1.82) is 0 Å². The minimum absolute atomic E-state index is 0.615. The van der Waals surface area contributed by atoms with Crippen molar-refractivity contribution in [3.63, 3.8) is 0 Å². The molecule has 2 amide bonds. The Kier molecular flexibility index (Phi) is 10.8. The first kappa shape index (κ1) is 31.6. The molecule has 0 aromatic rings. The topological polar surface area (TPSA) is 199 Å². The third-order valence-electron chi connectivity index (χ3n) is 4.91. The van der Waals surface area contributed by atoms with Crippen molar-refractivity contribution in [2.24, 2.45) is 5.73 Å². The van der Waals surface area contributed by atoms with Crippen molar-refractivity contribution in [3.8, 4) is 0 Å². The number of amides is 2. The van der Waals surface area contributed by atoms with E-state index >= 15 is 0 Å². The highest BCUT2D eigenvalue weighted by atomic mass is 19.4. The molecule has 210 valence electrons. The number of rotatable bonds is 9. The highest BCUT2D eigenvalue weighted by molar-refractivity contribution is 5.89. The van der Waals surface area contributed by atoms with Gasteiger partial charge in [-0.3, -0.25) is 24.0 Å². The Morgan fingerprint density at radius 2 is 1.43 bits per heavy atom. The molecule has 1 aliphatic rings. The molecule has 0 aromatic carbocycles. The van der Waals surface area contributed by atoms with Gasteiger partial charge in [0.05, 0.1) is 13.5 Å². The minimum Gasteiger partial charge on any atom is -0.467 e. The van der Waals surface area contributed by atoms with Crippen molar-refractivity contribution >= 4 is 35.7 Å². The Balaban J connectivity index is 3.44. The zero-order chi connectivity index (χ0) is 28.7. The fraction of sp³-hybridized carbons (Fsp3) is 0.700. The van der Waals surface area contributed by atoms with Crippen LogP contribution in [0.3, 0.4) is 0 Å².